The van der Waals surface area contributed by atoms with E-state index in [0.717, 1.165) is 0 Å². The minimum absolute atomic E-state index is 0.0881. The zero-order valence-electron chi connectivity index (χ0n) is 12.3. The Hall–Kier alpha value is -2.44. The molecular formula is C14H18N4O3. The number of H-pyrrole nitrogens is 1. The van der Waals surface area contributed by atoms with Crippen LogP contribution in [-0.4, -0.2) is 49.4 Å². The number of benzene rings is 1. The summed E-state index contributed by atoms with van der Waals surface area (Å²) in [5.74, 6) is -1.14. The van der Waals surface area contributed by atoms with Crippen molar-refractivity contribution in [2.24, 2.45) is 0 Å². The number of nitrogens with zero attached hydrogens (tertiary/aromatic N) is 3. The fourth-order valence-corrected chi connectivity index (χ4v) is 2.08. The summed E-state index contributed by atoms with van der Waals surface area (Å²) >= 11 is 0. The summed E-state index contributed by atoms with van der Waals surface area (Å²) in [5, 5.41) is 19.2. The van der Waals surface area contributed by atoms with Crippen molar-refractivity contribution in [3.05, 3.63) is 23.8 Å². The Labute approximate surface area is 121 Å². The molecule has 7 heteroatoms. The molecule has 1 aromatic heterocycles. The molecule has 2 N–H and O–H groups in total. The van der Waals surface area contributed by atoms with Crippen molar-refractivity contribution in [1.82, 2.24) is 20.3 Å². The molecule has 0 spiro atoms. The molecule has 0 saturated carbocycles. The van der Waals surface area contributed by atoms with Crippen LogP contribution >= 0.6 is 0 Å². The lowest BCUT2D eigenvalue weighted by atomic mass is 10.0. The highest BCUT2D eigenvalue weighted by atomic mass is 16.4. The summed E-state index contributed by atoms with van der Waals surface area (Å²) in [6, 6.07) is 5.04. The molecule has 1 aromatic carbocycles. The molecule has 0 fully saturated rings. The van der Waals surface area contributed by atoms with Crippen molar-refractivity contribution in [2.45, 2.75) is 32.7 Å². The Kier molecular flexibility index (Phi) is 3.93. The van der Waals surface area contributed by atoms with Crippen molar-refractivity contribution < 1.29 is 14.7 Å². The van der Waals surface area contributed by atoms with Crippen molar-refractivity contribution in [3.63, 3.8) is 0 Å². The molecule has 112 valence electrons. The maximum absolute atomic E-state index is 12.6. The van der Waals surface area contributed by atoms with E-state index in [0.29, 0.717) is 16.6 Å². The van der Waals surface area contributed by atoms with Gasteiger partial charge in [0, 0.05) is 17.6 Å². The molecule has 0 unspecified atom stereocenters. The third kappa shape index (κ3) is 3.36. The number of aliphatic carboxylic acids is 1. The highest BCUT2D eigenvalue weighted by molar-refractivity contribution is 5.97. The second-order valence-corrected chi connectivity index (χ2v) is 5.80. The van der Waals surface area contributed by atoms with Gasteiger partial charge in [-0.05, 0) is 39.0 Å². The third-order valence-corrected chi connectivity index (χ3v) is 3.17. The molecule has 7 nitrogen and oxygen atoms in total. The van der Waals surface area contributed by atoms with E-state index in [4.69, 9.17) is 5.11 Å². The number of carboxylic acids is 1. The average Bonchev–Trinajstić information content (AvgIpc) is 2.83. The molecule has 0 atom stereocenters. The van der Waals surface area contributed by atoms with Gasteiger partial charge in [0.2, 0.25) is 0 Å². The molecule has 2 aromatic rings. The number of hydrogen-bond donors (Lipinski definition) is 2. The molecule has 21 heavy (non-hydrogen) atoms. The number of aromatic nitrogens is 3. The minimum Gasteiger partial charge on any atom is -0.481 e. The van der Waals surface area contributed by atoms with Gasteiger partial charge in [-0.1, -0.05) is 0 Å². The predicted molar refractivity (Wildman–Crippen MR) is 76.9 cm³/mol. The second kappa shape index (κ2) is 5.51. The van der Waals surface area contributed by atoms with Crippen LogP contribution in [-0.2, 0) is 4.79 Å². The number of fused-ring (bicyclic) bond motifs is 1. The molecule has 0 aliphatic heterocycles. The van der Waals surface area contributed by atoms with Gasteiger partial charge in [-0.15, -0.1) is 0 Å². The van der Waals surface area contributed by atoms with Crippen LogP contribution in [0.4, 0.5) is 0 Å². The van der Waals surface area contributed by atoms with Crippen LogP contribution in [0.5, 0.6) is 0 Å². The number of nitrogens with one attached hydrogen (secondary N) is 1. The molecule has 0 radical (unpaired) electrons. The van der Waals surface area contributed by atoms with Gasteiger partial charge in [-0.25, -0.2) is 0 Å². The predicted octanol–water partition coefficient (Wildman–Crippen LogP) is 1.67. The van der Waals surface area contributed by atoms with Gasteiger partial charge in [0.25, 0.3) is 5.91 Å². The highest BCUT2D eigenvalue weighted by Crippen LogP contribution is 2.19. The van der Waals surface area contributed by atoms with Crippen LogP contribution in [0.25, 0.3) is 11.0 Å². The average molecular weight is 290 g/mol. The molecular weight excluding hydrogens is 272 g/mol. The summed E-state index contributed by atoms with van der Waals surface area (Å²) in [6.45, 7) is 5.79. The normalized spacial score (nSPS) is 11.6. The van der Waals surface area contributed by atoms with E-state index < -0.39 is 11.5 Å². The van der Waals surface area contributed by atoms with Crippen LogP contribution in [0.15, 0.2) is 18.2 Å². The molecule has 0 saturated heterocycles. The lowest BCUT2D eigenvalue weighted by Gasteiger charge is -2.35. The summed E-state index contributed by atoms with van der Waals surface area (Å²) in [6.07, 6.45) is -0.0881. The van der Waals surface area contributed by atoms with Crippen LogP contribution < -0.4 is 0 Å². The number of aromatic amines is 1. The summed E-state index contributed by atoms with van der Waals surface area (Å²) in [5.41, 5.74) is 1.29. The number of carbonyl (C=O) groups excluding carboxylic acids is 1. The van der Waals surface area contributed by atoms with E-state index in [1.165, 1.54) is 0 Å². The Morgan fingerprint density at radius 2 is 1.90 bits per heavy atom. The number of amides is 1. The SMILES string of the molecule is CC(C)(C)N(CCC(=O)O)C(=O)c1ccc2n[nH]nc2c1. The van der Waals surface area contributed by atoms with Crippen molar-refractivity contribution in [3.8, 4) is 0 Å². The maximum Gasteiger partial charge on any atom is 0.305 e. The first-order valence-electron chi connectivity index (χ1n) is 6.63. The molecule has 1 amide bonds. The van der Waals surface area contributed by atoms with Crippen LogP contribution in [0.1, 0.15) is 37.6 Å². The number of carboxylic acid groups (broad SMARTS) is 1. The van der Waals surface area contributed by atoms with Crippen LogP contribution in [0, 0.1) is 0 Å². The fourth-order valence-electron chi connectivity index (χ4n) is 2.08. The van der Waals surface area contributed by atoms with Crippen LogP contribution in [0.3, 0.4) is 0 Å². The second-order valence-electron chi connectivity index (χ2n) is 5.80. The zero-order valence-corrected chi connectivity index (χ0v) is 12.3. The van der Waals surface area contributed by atoms with Crippen molar-refractivity contribution in [2.75, 3.05) is 6.54 Å². The number of rotatable bonds is 4. The quantitative estimate of drug-likeness (QED) is 0.892. The first-order valence-corrected chi connectivity index (χ1v) is 6.63. The van der Waals surface area contributed by atoms with E-state index in [9.17, 15) is 9.59 Å². The fraction of sp³-hybridized carbons (Fsp3) is 0.429. The van der Waals surface area contributed by atoms with Crippen molar-refractivity contribution in [1.29, 1.82) is 0 Å². The van der Waals surface area contributed by atoms with E-state index in [2.05, 4.69) is 15.4 Å². The topological polar surface area (TPSA) is 99.2 Å². The molecule has 2 rings (SSSR count). The van der Waals surface area contributed by atoms with Gasteiger partial charge in [0.15, 0.2) is 0 Å². The van der Waals surface area contributed by atoms with Gasteiger partial charge in [-0.3, -0.25) is 9.59 Å². The Bertz CT molecular complexity index is 672. The van der Waals surface area contributed by atoms with E-state index in [-0.39, 0.29) is 18.9 Å². The zero-order chi connectivity index (χ0) is 15.6. The summed E-state index contributed by atoms with van der Waals surface area (Å²) < 4.78 is 0. The van der Waals surface area contributed by atoms with Gasteiger partial charge in [-0.2, -0.15) is 15.4 Å². The van der Waals surface area contributed by atoms with E-state index in [1.54, 1.807) is 23.1 Å². The lowest BCUT2D eigenvalue weighted by molar-refractivity contribution is -0.137. The molecule has 0 bridgehead atoms. The first-order chi connectivity index (χ1) is 9.79. The molecule has 0 aliphatic rings. The van der Waals surface area contributed by atoms with Gasteiger partial charge < -0.3 is 10.0 Å². The Morgan fingerprint density at radius 3 is 2.52 bits per heavy atom. The lowest BCUT2D eigenvalue weighted by Crippen LogP contribution is -2.46. The first kappa shape index (κ1) is 15.0. The summed E-state index contributed by atoms with van der Waals surface area (Å²) in [7, 11) is 0. The monoisotopic (exact) mass is 290 g/mol. The Balaban J connectivity index is 2.29. The summed E-state index contributed by atoms with van der Waals surface area (Å²) in [4.78, 5) is 25.0. The van der Waals surface area contributed by atoms with Gasteiger partial charge in [0.1, 0.15) is 11.0 Å². The third-order valence-electron chi connectivity index (χ3n) is 3.17. The number of carbonyl (C=O) groups is 2. The number of hydrogen-bond acceptors (Lipinski definition) is 4. The van der Waals surface area contributed by atoms with E-state index >= 15 is 0 Å². The minimum atomic E-state index is -0.927. The van der Waals surface area contributed by atoms with Gasteiger partial charge in [0.05, 0.1) is 6.42 Å². The maximum atomic E-state index is 12.6. The molecule has 1 heterocycles. The Morgan fingerprint density at radius 1 is 1.24 bits per heavy atom. The standard InChI is InChI=1S/C14H18N4O3/c1-14(2,3)18(7-6-12(19)20)13(21)9-4-5-10-11(8-9)16-17-15-10/h4-5,8H,6-7H2,1-3H3,(H,19,20)(H,15,16,17). The van der Waals surface area contributed by atoms with Crippen molar-refractivity contribution >= 4 is 22.9 Å². The smallest absolute Gasteiger partial charge is 0.305 e. The molecule has 0 aliphatic carbocycles. The van der Waals surface area contributed by atoms with Gasteiger partial charge >= 0.3 is 5.97 Å². The highest BCUT2D eigenvalue weighted by Gasteiger charge is 2.27. The van der Waals surface area contributed by atoms with Crippen LogP contribution in [0.2, 0.25) is 0 Å². The van der Waals surface area contributed by atoms with E-state index in [1.807, 2.05) is 20.8 Å². The largest absolute Gasteiger partial charge is 0.481 e.